The van der Waals surface area contributed by atoms with Gasteiger partial charge in [0.2, 0.25) is 0 Å². The molecule has 0 fully saturated rings. The Kier molecular flexibility index (Phi) is 3.75. The predicted octanol–water partition coefficient (Wildman–Crippen LogP) is 0.322. The van der Waals surface area contributed by atoms with Gasteiger partial charge in [-0.2, -0.15) is 0 Å². The van der Waals surface area contributed by atoms with Gasteiger partial charge in [0.25, 0.3) is 6.29 Å². The SMILES string of the molecule is COC(=O)O/N=C(/[C]=O)c1csc(N)n1. The molecule has 1 heterocycles. The highest BCUT2D eigenvalue weighted by Crippen LogP contribution is 2.11. The lowest BCUT2D eigenvalue weighted by Gasteiger charge is -1.94. The fraction of sp³-hybridized carbons (Fsp3) is 0.143. The van der Waals surface area contributed by atoms with Crippen LogP contribution in [0.25, 0.3) is 0 Å². The number of nitrogens with two attached hydrogens (primary N) is 1. The Hall–Kier alpha value is -1.96. The zero-order valence-electron chi connectivity index (χ0n) is 7.59. The Morgan fingerprint density at radius 1 is 1.73 bits per heavy atom. The Balaban J connectivity index is 2.79. The van der Waals surface area contributed by atoms with E-state index in [-0.39, 0.29) is 16.5 Å². The Morgan fingerprint density at radius 2 is 2.47 bits per heavy atom. The Labute approximate surface area is 88.5 Å². The summed E-state index contributed by atoms with van der Waals surface area (Å²) in [6, 6.07) is 0. The highest BCUT2D eigenvalue weighted by atomic mass is 32.1. The third-order valence-corrected chi connectivity index (χ3v) is 1.91. The van der Waals surface area contributed by atoms with E-state index in [2.05, 4.69) is 19.7 Å². The number of thiazole rings is 1. The van der Waals surface area contributed by atoms with Crippen LogP contribution in [-0.2, 0) is 14.4 Å². The maximum absolute atomic E-state index is 10.5. The van der Waals surface area contributed by atoms with Crippen LogP contribution < -0.4 is 5.73 Å². The van der Waals surface area contributed by atoms with Crippen molar-refractivity contribution < 1.29 is 19.2 Å². The highest BCUT2D eigenvalue weighted by molar-refractivity contribution is 7.13. The number of methoxy groups -OCH3 is 1. The number of oxime groups is 1. The zero-order chi connectivity index (χ0) is 11.3. The molecule has 7 nitrogen and oxygen atoms in total. The molecule has 1 radical (unpaired) electrons. The molecular weight excluding hydrogens is 222 g/mol. The Morgan fingerprint density at radius 3 is 2.93 bits per heavy atom. The van der Waals surface area contributed by atoms with E-state index in [1.807, 2.05) is 0 Å². The lowest BCUT2D eigenvalue weighted by Crippen LogP contribution is -2.07. The van der Waals surface area contributed by atoms with Crippen molar-refractivity contribution in [3.05, 3.63) is 11.1 Å². The van der Waals surface area contributed by atoms with Crippen molar-refractivity contribution in [2.45, 2.75) is 0 Å². The molecular formula is C7H6N3O4S. The minimum Gasteiger partial charge on any atom is -0.436 e. The first-order valence-corrected chi connectivity index (χ1v) is 4.47. The van der Waals surface area contributed by atoms with Crippen molar-refractivity contribution in [2.24, 2.45) is 5.16 Å². The molecule has 0 aliphatic carbocycles. The number of carbonyl (C=O) groups excluding carboxylic acids is 2. The fourth-order valence-corrected chi connectivity index (χ4v) is 1.18. The second-order valence-corrected chi connectivity index (χ2v) is 3.05. The van der Waals surface area contributed by atoms with Gasteiger partial charge in [-0.1, -0.05) is 5.16 Å². The molecule has 0 spiro atoms. The molecule has 0 amide bonds. The van der Waals surface area contributed by atoms with E-state index in [9.17, 15) is 9.59 Å². The van der Waals surface area contributed by atoms with Crippen molar-refractivity contribution in [3.63, 3.8) is 0 Å². The van der Waals surface area contributed by atoms with Crippen LogP contribution in [0.5, 0.6) is 0 Å². The lowest BCUT2D eigenvalue weighted by molar-refractivity contribution is 0.0756. The number of ether oxygens (including phenoxy) is 1. The number of carbonyl (C=O) groups is 1. The molecule has 0 atom stereocenters. The molecule has 2 N–H and O–H groups in total. The van der Waals surface area contributed by atoms with E-state index >= 15 is 0 Å². The van der Waals surface area contributed by atoms with E-state index in [0.717, 1.165) is 18.4 Å². The molecule has 15 heavy (non-hydrogen) atoms. The van der Waals surface area contributed by atoms with Crippen LogP contribution in [0.3, 0.4) is 0 Å². The summed E-state index contributed by atoms with van der Waals surface area (Å²) in [6.45, 7) is 0. The van der Waals surface area contributed by atoms with Gasteiger partial charge in [-0.15, -0.1) is 11.3 Å². The van der Waals surface area contributed by atoms with Gasteiger partial charge in [-0.3, -0.25) is 9.63 Å². The van der Waals surface area contributed by atoms with Crippen molar-refractivity contribution in [1.82, 2.24) is 4.98 Å². The van der Waals surface area contributed by atoms with Gasteiger partial charge < -0.3 is 10.5 Å². The van der Waals surface area contributed by atoms with Crippen LogP contribution in [0.15, 0.2) is 10.5 Å². The molecule has 0 saturated heterocycles. The monoisotopic (exact) mass is 228 g/mol. The Bertz CT molecular complexity index is 401. The van der Waals surface area contributed by atoms with Crippen LogP contribution >= 0.6 is 11.3 Å². The number of rotatable bonds is 3. The second kappa shape index (κ2) is 5.05. The number of nitrogens with zero attached hydrogens (tertiary/aromatic N) is 2. The van der Waals surface area contributed by atoms with Gasteiger partial charge in [0, 0.05) is 5.38 Å². The first-order chi connectivity index (χ1) is 7.17. The number of aromatic nitrogens is 1. The third kappa shape index (κ3) is 3.02. The van der Waals surface area contributed by atoms with E-state index in [0.29, 0.717) is 0 Å². The molecule has 0 aliphatic rings. The maximum atomic E-state index is 10.5. The molecule has 8 heteroatoms. The molecule has 1 rings (SSSR count). The first kappa shape index (κ1) is 11.1. The van der Waals surface area contributed by atoms with Crippen LogP contribution in [0.1, 0.15) is 5.69 Å². The van der Waals surface area contributed by atoms with Crippen LogP contribution in [0.4, 0.5) is 9.93 Å². The average molecular weight is 228 g/mol. The third-order valence-electron chi connectivity index (χ3n) is 1.24. The van der Waals surface area contributed by atoms with E-state index < -0.39 is 6.16 Å². The van der Waals surface area contributed by atoms with Crippen LogP contribution in [0.2, 0.25) is 0 Å². The van der Waals surface area contributed by atoms with E-state index in [1.165, 1.54) is 11.7 Å². The summed E-state index contributed by atoms with van der Waals surface area (Å²) in [5, 5.41) is 4.96. The van der Waals surface area contributed by atoms with Crippen LogP contribution in [-0.4, -0.2) is 30.2 Å². The largest absolute Gasteiger partial charge is 0.534 e. The van der Waals surface area contributed by atoms with E-state index in [4.69, 9.17) is 5.73 Å². The quantitative estimate of drug-likeness (QED) is 0.346. The summed E-state index contributed by atoms with van der Waals surface area (Å²) < 4.78 is 4.15. The van der Waals surface area contributed by atoms with Crippen molar-refractivity contribution >= 4 is 34.6 Å². The standard InChI is InChI=1S/C7H6N3O4S/c1-13-7(12)14-10-4(2-11)5-3-15-6(8)9-5/h3H,1H3,(H2,8,9)/b10-4-. The maximum Gasteiger partial charge on any atom is 0.534 e. The number of hydrogen-bond donors (Lipinski definition) is 1. The molecule has 0 saturated carbocycles. The predicted molar refractivity (Wildman–Crippen MR) is 52.2 cm³/mol. The van der Waals surface area contributed by atoms with Gasteiger partial charge in [-0.05, 0) is 0 Å². The first-order valence-electron chi connectivity index (χ1n) is 3.60. The topological polar surface area (TPSA) is 104 Å². The summed E-state index contributed by atoms with van der Waals surface area (Å²) >= 11 is 1.12. The molecule has 0 bridgehead atoms. The molecule has 0 aromatic carbocycles. The minimum absolute atomic E-state index is 0.191. The van der Waals surface area contributed by atoms with Crippen molar-refractivity contribution in [3.8, 4) is 0 Å². The number of hydrogen-bond acceptors (Lipinski definition) is 8. The van der Waals surface area contributed by atoms with Gasteiger partial charge in [0.15, 0.2) is 10.8 Å². The zero-order valence-corrected chi connectivity index (χ0v) is 8.41. The number of nitrogen functional groups attached to an aromatic ring is 1. The number of anilines is 1. The summed E-state index contributed by atoms with van der Waals surface area (Å²) in [4.78, 5) is 28.9. The van der Waals surface area contributed by atoms with E-state index in [1.54, 1.807) is 0 Å². The van der Waals surface area contributed by atoms with Crippen LogP contribution in [0, 0.1) is 0 Å². The fourth-order valence-electron chi connectivity index (χ4n) is 0.634. The minimum atomic E-state index is -1.04. The van der Waals surface area contributed by atoms with Gasteiger partial charge in [-0.25, -0.2) is 9.78 Å². The van der Waals surface area contributed by atoms with Gasteiger partial charge in [0.05, 0.1) is 7.11 Å². The lowest BCUT2D eigenvalue weighted by atomic mass is 10.3. The second-order valence-electron chi connectivity index (χ2n) is 2.16. The normalized spacial score (nSPS) is 10.9. The molecule has 1 aromatic heterocycles. The van der Waals surface area contributed by atoms with Crippen molar-refractivity contribution in [1.29, 1.82) is 0 Å². The van der Waals surface area contributed by atoms with Crippen molar-refractivity contribution in [2.75, 3.05) is 12.8 Å². The van der Waals surface area contributed by atoms with Gasteiger partial charge in [0.1, 0.15) is 5.69 Å². The summed E-state index contributed by atoms with van der Waals surface area (Å²) in [5.41, 5.74) is 5.28. The summed E-state index contributed by atoms with van der Waals surface area (Å²) in [6.07, 6.45) is 0.431. The average Bonchev–Trinajstić information content (AvgIpc) is 2.65. The summed E-state index contributed by atoms with van der Waals surface area (Å²) in [7, 11) is 1.11. The smallest absolute Gasteiger partial charge is 0.436 e. The molecule has 79 valence electrons. The summed E-state index contributed by atoms with van der Waals surface area (Å²) in [5.74, 6) is 0. The highest BCUT2D eigenvalue weighted by Gasteiger charge is 2.10. The molecule has 0 aliphatic heterocycles. The van der Waals surface area contributed by atoms with Gasteiger partial charge >= 0.3 is 6.16 Å². The molecule has 1 aromatic rings. The molecule has 0 unspecified atom stereocenters.